The van der Waals surface area contributed by atoms with Gasteiger partial charge in [0, 0.05) is 6.07 Å². The van der Waals surface area contributed by atoms with Gasteiger partial charge in [0.1, 0.15) is 23.4 Å². The summed E-state index contributed by atoms with van der Waals surface area (Å²) >= 11 is 0. The maximum absolute atomic E-state index is 14.2. The fourth-order valence-corrected chi connectivity index (χ4v) is 6.14. The third-order valence-corrected chi connectivity index (χ3v) is 8.14. The van der Waals surface area contributed by atoms with E-state index in [0.717, 1.165) is 24.7 Å². The molecule has 36 heavy (non-hydrogen) atoms. The molecule has 1 N–H and O–H groups in total. The van der Waals surface area contributed by atoms with E-state index in [-0.39, 0.29) is 28.9 Å². The Morgan fingerprint density at radius 2 is 1.89 bits per heavy atom. The van der Waals surface area contributed by atoms with E-state index in [1.807, 2.05) is 13.0 Å². The molecule has 190 valence electrons. The lowest BCUT2D eigenvalue weighted by Crippen LogP contribution is -2.49. The number of benzene rings is 3. The molecule has 0 unspecified atom stereocenters. The van der Waals surface area contributed by atoms with E-state index in [2.05, 4.69) is 10.1 Å². The molecule has 3 aromatic rings. The largest absolute Gasteiger partial charge is 0.486 e. The second-order valence-corrected chi connectivity index (χ2v) is 11.0. The first-order valence-corrected chi connectivity index (χ1v) is 13.0. The molecule has 0 spiro atoms. The summed E-state index contributed by atoms with van der Waals surface area (Å²) in [6, 6.07) is 14.8. The highest BCUT2D eigenvalue weighted by atomic mass is 32.2. The third-order valence-electron chi connectivity index (χ3n) is 6.36. The normalized spacial score (nSPS) is 17.9. The molecule has 2 heterocycles. The van der Waals surface area contributed by atoms with Crippen molar-refractivity contribution >= 4 is 15.7 Å². The summed E-state index contributed by atoms with van der Waals surface area (Å²) in [6.45, 7) is 0.554. The number of hydrogen-bond donors (Lipinski definition) is 1. The lowest BCUT2D eigenvalue weighted by atomic mass is 9.95. The summed E-state index contributed by atoms with van der Waals surface area (Å²) in [4.78, 5) is 0.156. The number of nitrogens with one attached hydrogen (secondary N) is 1. The van der Waals surface area contributed by atoms with Gasteiger partial charge in [-0.25, -0.2) is 12.8 Å². The Morgan fingerprint density at radius 1 is 1.08 bits per heavy atom. The number of aryl methyl sites for hydroxylation is 1. The highest BCUT2D eigenvalue weighted by Crippen LogP contribution is 2.41. The Morgan fingerprint density at radius 3 is 2.58 bits per heavy atom. The Labute approximate surface area is 207 Å². The Hall–Kier alpha value is -3.24. The molecule has 1 saturated heterocycles. The first kappa shape index (κ1) is 24.5. The average Bonchev–Trinajstić information content (AvgIpc) is 2.79. The van der Waals surface area contributed by atoms with Gasteiger partial charge in [-0.05, 0) is 85.4 Å². The number of nitrogens with zero attached hydrogens (tertiary/aromatic N) is 1. The van der Waals surface area contributed by atoms with Crippen LogP contribution in [-0.4, -0.2) is 40.8 Å². The maximum atomic E-state index is 14.2. The van der Waals surface area contributed by atoms with Gasteiger partial charge >= 0.3 is 6.61 Å². The SMILES string of the molecule is Cc1cccc(S(=O)(=O)N2C[C@H](CC3CNC3)Oc3ccc(-c4cc(F)cc(OC(F)F)c4)cc32)c1. The molecule has 3 aromatic carbocycles. The molecular weight excluding hydrogens is 493 g/mol. The molecule has 0 radical (unpaired) electrons. The summed E-state index contributed by atoms with van der Waals surface area (Å²) in [7, 11) is -3.95. The highest BCUT2D eigenvalue weighted by molar-refractivity contribution is 7.92. The monoisotopic (exact) mass is 518 g/mol. The molecule has 1 atom stereocenters. The first-order valence-electron chi connectivity index (χ1n) is 11.6. The number of ether oxygens (including phenoxy) is 2. The van der Waals surface area contributed by atoms with Gasteiger partial charge in [-0.3, -0.25) is 4.31 Å². The van der Waals surface area contributed by atoms with E-state index >= 15 is 0 Å². The molecular formula is C26H25F3N2O4S. The lowest BCUT2D eigenvalue weighted by molar-refractivity contribution is -0.0499. The van der Waals surface area contributed by atoms with Gasteiger partial charge in [0.2, 0.25) is 0 Å². The van der Waals surface area contributed by atoms with Crippen LogP contribution in [0.25, 0.3) is 11.1 Å². The van der Waals surface area contributed by atoms with Crippen molar-refractivity contribution in [3.8, 4) is 22.6 Å². The van der Waals surface area contributed by atoms with Crippen LogP contribution in [0.2, 0.25) is 0 Å². The summed E-state index contributed by atoms with van der Waals surface area (Å²) in [5.41, 5.74) is 1.81. The number of fused-ring (bicyclic) bond motifs is 1. The van der Waals surface area contributed by atoms with Crippen LogP contribution >= 0.6 is 0 Å². The van der Waals surface area contributed by atoms with Crippen LogP contribution in [-0.2, 0) is 10.0 Å². The molecule has 5 rings (SSSR count). The number of halogens is 3. The molecule has 10 heteroatoms. The fourth-order valence-electron chi connectivity index (χ4n) is 4.53. The van der Waals surface area contributed by atoms with Crippen molar-refractivity contribution in [2.24, 2.45) is 5.92 Å². The van der Waals surface area contributed by atoms with Crippen molar-refractivity contribution < 1.29 is 31.1 Å². The first-order chi connectivity index (χ1) is 17.2. The second-order valence-electron chi connectivity index (χ2n) is 9.09. The van der Waals surface area contributed by atoms with Crippen molar-refractivity contribution in [1.29, 1.82) is 0 Å². The standard InChI is InChI=1S/C26H25F3N2O4S/c1-16-3-2-4-23(7-16)36(32,33)31-15-22(8-17-13-30-14-17)34-25-6-5-18(11-24(25)31)19-9-20(27)12-21(10-19)35-26(28)29/h2-7,9-12,17,22,26,30H,8,13-15H2,1H3/t22-/m0/s1. The van der Waals surface area contributed by atoms with Crippen LogP contribution in [0.4, 0.5) is 18.9 Å². The van der Waals surface area contributed by atoms with Crippen molar-refractivity contribution in [2.75, 3.05) is 23.9 Å². The quantitative estimate of drug-likeness (QED) is 0.479. The van der Waals surface area contributed by atoms with Crippen LogP contribution < -0.4 is 19.1 Å². The van der Waals surface area contributed by atoms with Gasteiger partial charge in [0.25, 0.3) is 10.0 Å². The topological polar surface area (TPSA) is 67.9 Å². The molecule has 0 aromatic heterocycles. The van der Waals surface area contributed by atoms with Gasteiger partial charge < -0.3 is 14.8 Å². The van der Waals surface area contributed by atoms with E-state index in [9.17, 15) is 21.6 Å². The summed E-state index contributed by atoms with van der Waals surface area (Å²) in [6.07, 6.45) is 0.363. The molecule has 0 saturated carbocycles. The molecule has 0 aliphatic carbocycles. The molecule has 0 amide bonds. The maximum Gasteiger partial charge on any atom is 0.387 e. The molecule has 0 bridgehead atoms. The van der Waals surface area contributed by atoms with Crippen LogP contribution in [0.15, 0.2) is 65.6 Å². The van der Waals surface area contributed by atoms with Gasteiger partial charge in [0.15, 0.2) is 0 Å². The van der Waals surface area contributed by atoms with Gasteiger partial charge in [-0.15, -0.1) is 0 Å². The highest BCUT2D eigenvalue weighted by Gasteiger charge is 2.36. The minimum absolute atomic E-state index is 0.117. The van der Waals surface area contributed by atoms with Crippen LogP contribution in [0.3, 0.4) is 0 Å². The smallest absolute Gasteiger partial charge is 0.387 e. The molecule has 2 aliphatic rings. The van der Waals surface area contributed by atoms with Crippen molar-refractivity contribution in [2.45, 2.75) is 31.0 Å². The second kappa shape index (κ2) is 9.67. The Balaban J connectivity index is 1.57. The zero-order valence-corrected chi connectivity index (χ0v) is 20.3. The summed E-state index contributed by atoms with van der Waals surface area (Å²) in [5, 5.41) is 3.21. The molecule has 1 fully saturated rings. The van der Waals surface area contributed by atoms with Crippen molar-refractivity contribution in [1.82, 2.24) is 5.32 Å². The number of sulfonamides is 1. The Bertz CT molecular complexity index is 1380. The zero-order valence-electron chi connectivity index (χ0n) is 19.5. The van der Waals surface area contributed by atoms with Crippen LogP contribution in [0, 0.1) is 18.7 Å². The predicted molar refractivity (Wildman–Crippen MR) is 130 cm³/mol. The predicted octanol–water partition coefficient (Wildman–Crippen LogP) is 4.97. The van der Waals surface area contributed by atoms with Gasteiger partial charge in [-0.2, -0.15) is 8.78 Å². The molecule has 6 nitrogen and oxygen atoms in total. The third kappa shape index (κ3) is 5.01. The van der Waals surface area contributed by atoms with E-state index < -0.39 is 22.5 Å². The summed E-state index contributed by atoms with van der Waals surface area (Å²) in [5.74, 6) is -0.290. The lowest BCUT2D eigenvalue weighted by Gasteiger charge is -2.38. The minimum Gasteiger partial charge on any atom is -0.486 e. The van der Waals surface area contributed by atoms with Crippen molar-refractivity contribution in [3.05, 3.63) is 72.0 Å². The fraction of sp³-hybridized carbons (Fsp3) is 0.308. The van der Waals surface area contributed by atoms with Crippen LogP contribution in [0.1, 0.15) is 12.0 Å². The number of alkyl halides is 2. The minimum atomic E-state index is -3.95. The van der Waals surface area contributed by atoms with Crippen LogP contribution in [0.5, 0.6) is 11.5 Å². The van der Waals surface area contributed by atoms with E-state index in [0.29, 0.717) is 29.3 Å². The van der Waals surface area contributed by atoms with E-state index in [1.54, 1.807) is 36.4 Å². The van der Waals surface area contributed by atoms with E-state index in [4.69, 9.17) is 4.74 Å². The zero-order chi connectivity index (χ0) is 25.4. The van der Waals surface area contributed by atoms with Gasteiger partial charge in [0.05, 0.1) is 17.1 Å². The summed E-state index contributed by atoms with van der Waals surface area (Å²) < 4.78 is 79.0. The van der Waals surface area contributed by atoms with Gasteiger partial charge in [-0.1, -0.05) is 18.2 Å². The molecule has 2 aliphatic heterocycles. The number of hydrogen-bond acceptors (Lipinski definition) is 5. The van der Waals surface area contributed by atoms with E-state index in [1.165, 1.54) is 16.4 Å². The number of anilines is 1. The van der Waals surface area contributed by atoms with Crippen molar-refractivity contribution in [3.63, 3.8) is 0 Å². The number of rotatable bonds is 7. The average molecular weight is 519 g/mol. The Kier molecular flexibility index (Phi) is 6.57.